The number of aromatic nitrogens is 3. The van der Waals surface area contributed by atoms with Crippen LogP contribution in [-0.4, -0.2) is 22.0 Å². The molecule has 2 heterocycles. The molecule has 0 fully saturated rings. The van der Waals surface area contributed by atoms with Crippen molar-refractivity contribution in [3.05, 3.63) is 48.4 Å². The molecule has 3 aromatic rings. The number of aromatic amines is 1. The van der Waals surface area contributed by atoms with Crippen molar-refractivity contribution in [3.8, 4) is 11.3 Å². The molecule has 90 valence electrons. The molecule has 4 nitrogen and oxygen atoms in total. The first-order valence-electron chi connectivity index (χ1n) is 5.90. The first kappa shape index (κ1) is 10.9. The minimum absolute atomic E-state index is 0.874. The first-order valence-corrected chi connectivity index (χ1v) is 5.90. The van der Waals surface area contributed by atoms with Crippen LogP contribution in [0.3, 0.4) is 0 Å². The van der Waals surface area contributed by atoms with Gasteiger partial charge in [0.1, 0.15) is 12.0 Å². The number of nitrogens with zero attached hydrogens (tertiary/aromatic N) is 2. The van der Waals surface area contributed by atoms with Gasteiger partial charge >= 0.3 is 0 Å². The maximum Gasteiger partial charge on any atom is 0.141 e. The highest BCUT2D eigenvalue weighted by Crippen LogP contribution is 2.24. The molecule has 18 heavy (non-hydrogen) atoms. The van der Waals surface area contributed by atoms with Gasteiger partial charge in [0.25, 0.3) is 0 Å². The summed E-state index contributed by atoms with van der Waals surface area (Å²) < 4.78 is 0. The van der Waals surface area contributed by atoms with Crippen LogP contribution >= 0.6 is 0 Å². The molecule has 0 atom stereocenters. The van der Waals surface area contributed by atoms with E-state index in [9.17, 15) is 0 Å². The Morgan fingerprint density at radius 1 is 1.11 bits per heavy atom. The van der Waals surface area contributed by atoms with Crippen molar-refractivity contribution in [3.63, 3.8) is 0 Å². The lowest BCUT2D eigenvalue weighted by molar-refractivity contribution is 0.818. The van der Waals surface area contributed by atoms with Crippen LogP contribution in [0.25, 0.3) is 22.3 Å². The van der Waals surface area contributed by atoms with Crippen molar-refractivity contribution in [1.29, 1.82) is 0 Å². The molecule has 0 radical (unpaired) electrons. The van der Waals surface area contributed by atoms with E-state index < -0.39 is 0 Å². The summed E-state index contributed by atoms with van der Waals surface area (Å²) in [4.78, 5) is 11.7. The van der Waals surface area contributed by atoms with Crippen molar-refractivity contribution in [2.45, 2.75) is 6.54 Å². The van der Waals surface area contributed by atoms with Gasteiger partial charge < -0.3 is 10.3 Å². The maximum absolute atomic E-state index is 4.38. The van der Waals surface area contributed by atoms with Crippen molar-refractivity contribution < 1.29 is 0 Å². The van der Waals surface area contributed by atoms with E-state index >= 15 is 0 Å². The van der Waals surface area contributed by atoms with Crippen LogP contribution in [-0.2, 0) is 6.54 Å². The molecule has 0 saturated heterocycles. The van der Waals surface area contributed by atoms with E-state index in [2.05, 4.69) is 44.5 Å². The number of H-pyrrole nitrogens is 1. The summed E-state index contributed by atoms with van der Waals surface area (Å²) in [7, 11) is 1.95. The van der Waals surface area contributed by atoms with Crippen LogP contribution in [0.4, 0.5) is 0 Å². The third-order valence-corrected chi connectivity index (χ3v) is 2.96. The van der Waals surface area contributed by atoms with Crippen LogP contribution in [0.2, 0.25) is 0 Å². The zero-order chi connectivity index (χ0) is 12.4. The minimum Gasteiger partial charge on any atom is -0.346 e. The van der Waals surface area contributed by atoms with E-state index in [1.54, 1.807) is 6.33 Å². The van der Waals surface area contributed by atoms with Crippen LogP contribution in [0, 0.1) is 0 Å². The lowest BCUT2D eigenvalue weighted by Gasteiger charge is -2.04. The number of benzene rings is 1. The largest absolute Gasteiger partial charge is 0.346 e. The van der Waals surface area contributed by atoms with Gasteiger partial charge in [0.05, 0.1) is 5.69 Å². The molecule has 1 aromatic carbocycles. The summed E-state index contributed by atoms with van der Waals surface area (Å²) >= 11 is 0. The van der Waals surface area contributed by atoms with Crippen LogP contribution < -0.4 is 5.32 Å². The zero-order valence-electron chi connectivity index (χ0n) is 10.1. The van der Waals surface area contributed by atoms with Crippen molar-refractivity contribution >= 4 is 11.0 Å². The van der Waals surface area contributed by atoms with E-state index in [1.165, 1.54) is 5.56 Å². The Kier molecular flexibility index (Phi) is 2.78. The molecule has 0 bridgehead atoms. The Labute approximate surface area is 105 Å². The summed E-state index contributed by atoms with van der Waals surface area (Å²) in [6.07, 6.45) is 3.48. The highest BCUT2D eigenvalue weighted by Gasteiger charge is 2.06. The second-order valence-corrected chi connectivity index (χ2v) is 4.19. The Bertz CT molecular complexity index is 655. The van der Waals surface area contributed by atoms with Crippen LogP contribution in [0.5, 0.6) is 0 Å². The minimum atomic E-state index is 0.874. The highest BCUT2D eigenvalue weighted by molar-refractivity contribution is 5.90. The number of hydrogen-bond acceptors (Lipinski definition) is 3. The molecule has 0 unspecified atom stereocenters. The number of rotatable bonds is 3. The first-order chi connectivity index (χ1) is 8.88. The van der Waals surface area contributed by atoms with Gasteiger partial charge in [-0.2, -0.15) is 0 Å². The fourth-order valence-corrected chi connectivity index (χ4v) is 2.09. The van der Waals surface area contributed by atoms with Crippen LogP contribution in [0.1, 0.15) is 5.56 Å². The molecule has 0 aliphatic heterocycles. The molecule has 4 heteroatoms. The van der Waals surface area contributed by atoms with E-state index in [4.69, 9.17) is 0 Å². The summed E-state index contributed by atoms with van der Waals surface area (Å²) in [5.74, 6) is 0. The van der Waals surface area contributed by atoms with Gasteiger partial charge in [-0.1, -0.05) is 24.3 Å². The fraction of sp³-hybridized carbons (Fsp3) is 0.143. The maximum atomic E-state index is 4.38. The average molecular weight is 238 g/mol. The van der Waals surface area contributed by atoms with E-state index in [-0.39, 0.29) is 0 Å². The van der Waals surface area contributed by atoms with Crippen molar-refractivity contribution in [2.24, 2.45) is 0 Å². The Balaban J connectivity index is 2.06. The second kappa shape index (κ2) is 4.58. The molecule has 0 aliphatic carbocycles. The lowest BCUT2D eigenvalue weighted by atomic mass is 10.1. The van der Waals surface area contributed by atoms with Crippen LogP contribution in [0.15, 0.2) is 42.9 Å². The summed E-state index contributed by atoms with van der Waals surface area (Å²) in [5, 5.41) is 4.19. The number of fused-ring (bicyclic) bond motifs is 1. The monoisotopic (exact) mass is 238 g/mol. The topological polar surface area (TPSA) is 53.6 Å². The van der Waals surface area contributed by atoms with Gasteiger partial charge in [-0.15, -0.1) is 0 Å². The number of hydrogen-bond donors (Lipinski definition) is 2. The molecule has 2 aromatic heterocycles. The number of nitrogens with one attached hydrogen (secondary N) is 2. The van der Waals surface area contributed by atoms with Gasteiger partial charge in [0.15, 0.2) is 0 Å². The normalized spacial score (nSPS) is 10.9. The molecule has 0 amide bonds. The van der Waals surface area contributed by atoms with E-state index in [0.717, 1.165) is 28.8 Å². The average Bonchev–Trinajstić information content (AvgIpc) is 2.88. The smallest absolute Gasteiger partial charge is 0.141 e. The molecule has 3 rings (SSSR count). The fourth-order valence-electron chi connectivity index (χ4n) is 2.09. The molecule has 2 N–H and O–H groups in total. The Hall–Kier alpha value is -2.20. The van der Waals surface area contributed by atoms with Gasteiger partial charge in [0, 0.05) is 23.7 Å². The van der Waals surface area contributed by atoms with Crippen molar-refractivity contribution in [1.82, 2.24) is 20.3 Å². The Morgan fingerprint density at radius 3 is 2.72 bits per heavy atom. The molecule has 0 saturated carbocycles. The summed E-state index contributed by atoms with van der Waals surface area (Å²) in [6.45, 7) is 0.879. The second-order valence-electron chi connectivity index (χ2n) is 4.19. The molecular weight excluding hydrogens is 224 g/mol. The quantitative estimate of drug-likeness (QED) is 0.736. The van der Waals surface area contributed by atoms with Gasteiger partial charge in [0.2, 0.25) is 0 Å². The standard InChI is InChI=1S/C14H14N4/c1-15-8-10-2-4-11(5-3-10)13-12-6-7-16-14(12)18-9-17-13/h2-7,9,15H,8H2,1H3,(H,16,17,18). The van der Waals surface area contributed by atoms with E-state index in [0.29, 0.717) is 0 Å². The zero-order valence-corrected chi connectivity index (χ0v) is 10.1. The highest BCUT2D eigenvalue weighted by atomic mass is 14.9. The molecule has 0 aliphatic rings. The van der Waals surface area contributed by atoms with Gasteiger partial charge in [-0.25, -0.2) is 9.97 Å². The summed E-state index contributed by atoms with van der Waals surface area (Å²) in [6, 6.07) is 10.4. The SMILES string of the molecule is CNCc1ccc(-c2ncnc3[nH]ccc23)cc1. The lowest BCUT2D eigenvalue weighted by Crippen LogP contribution is -2.04. The Morgan fingerprint density at radius 2 is 1.94 bits per heavy atom. The molecule has 0 spiro atoms. The predicted octanol–water partition coefficient (Wildman–Crippen LogP) is 2.34. The van der Waals surface area contributed by atoms with E-state index in [1.807, 2.05) is 19.3 Å². The molecular formula is C14H14N4. The predicted molar refractivity (Wildman–Crippen MR) is 72.1 cm³/mol. The van der Waals surface area contributed by atoms with Gasteiger partial charge in [-0.05, 0) is 18.7 Å². The summed E-state index contributed by atoms with van der Waals surface area (Å²) in [5.41, 5.74) is 4.22. The van der Waals surface area contributed by atoms with Crippen molar-refractivity contribution in [2.75, 3.05) is 7.05 Å². The third-order valence-electron chi connectivity index (χ3n) is 2.96. The van der Waals surface area contributed by atoms with Gasteiger partial charge in [-0.3, -0.25) is 0 Å². The third kappa shape index (κ3) is 1.87.